The van der Waals surface area contributed by atoms with Gasteiger partial charge in [-0.2, -0.15) is 0 Å². The van der Waals surface area contributed by atoms with Gasteiger partial charge in [-0.15, -0.1) is 0 Å². The summed E-state index contributed by atoms with van der Waals surface area (Å²) in [5.41, 5.74) is 6.87. The monoisotopic (exact) mass is 195 g/mol. The lowest BCUT2D eigenvalue weighted by Crippen LogP contribution is -2.25. The van der Waals surface area contributed by atoms with Crippen molar-refractivity contribution in [3.05, 3.63) is 29.8 Å². The van der Waals surface area contributed by atoms with Crippen molar-refractivity contribution in [1.29, 1.82) is 0 Å². The molecule has 0 spiro atoms. The number of hydrogen-bond donors (Lipinski definition) is 1. The molecule has 0 unspecified atom stereocenters. The molecule has 0 aliphatic carbocycles. The average molecular weight is 195 g/mol. The summed E-state index contributed by atoms with van der Waals surface area (Å²) < 4.78 is 10.4. The van der Waals surface area contributed by atoms with Crippen LogP contribution in [-0.4, -0.2) is 20.3 Å². The predicted molar refractivity (Wildman–Crippen MR) is 56.4 cm³/mol. The van der Waals surface area contributed by atoms with Crippen LogP contribution in [0.1, 0.15) is 18.6 Å². The molecule has 0 aromatic heterocycles. The molecule has 0 heterocycles. The van der Waals surface area contributed by atoms with Gasteiger partial charge in [0, 0.05) is 13.2 Å². The minimum absolute atomic E-state index is 0.0200. The maximum atomic E-state index is 5.79. The first-order valence-corrected chi connectivity index (χ1v) is 4.61. The van der Waals surface area contributed by atoms with E-state index >= 15 is 0 Å². The zero-order valence-electron chi connectivity index (χ0n) is 8.86. The Labute approximate surface area is 84.8 Å². The molecule has 1 aromatic rings. The Morgan fingerprint density at radius 1 is 1.14 bits per heavy atom. The molecule has 0 bridgehead atoms. The van der Waals surface area contributed by atoms with Gasteiger partial charge in [-0.25, -0.2) is 0 Å². The summed E-state index contributed by atoms with van der Waals surface area (Å²) >= 11 is 0. The molecule has 2 N–H and O–H groups in total. The maximum absolute atomic E-state index is 5.79. The number of nitrogens with two attached hydrogens (primary N) is 1. The summed E-state index contributed by atoms with van der Waals surface area (Å²) in [6, 6.07) is 7.73. The van der Waals surface area contributed by atoms with Crippen molar-refractivity contribution in [2.45, 2.75) is 19.1 Å². The summed E-state index contributed by atoms with van der Waals surface area (Å²) in [5, 5.41) is 0. The van der Waals surface area contributed by atoms with Crippen molar-refractivity contribution in [3.8, 4) is 5.75 Å². The standard InChI is InChI=1S/C11H17NO2/c1-8(12)11(14-3)9-4-6-10(13-2)7-5-9/h4-8,11H,12H2,1-3H3/t8-,11-/m1/s1. The van der Waals surface area contributed by atoms with Crippen molar-refractivity contribution in [2.75, 3.05) is 14.2 Å². The van der Waals surface area contributed by atoms with Crippen molar-refractivity contribution in [3.63, 3.8) is 0 Å². The third-order valence-electron chi connectivity index (χ3n) is 2.18. The fourth-order valence-corrected chi connectivity index (χ4v) is 1.45. The molecule has 78 valence electrons. The minimum Gasteiger partial charge on any atom is -0.497 e. The van der Waals surface area contributed by atoms with E-state index in [-0.39, 0.29) is 12.1 Å². The van der Waals surface area contributed by atoms with E-state index < -0.39 is 0 Å². The van der Waals surface area contributed by atoms with Crippen LogP contribution in [0.5, 0.6) is 5.75 Å². The topological polar surface area (TPSA) is 44.5 Å². The Bertz CT molecular complexity index is 269. The molecule has 0 radical (unpaired) electrons. The highest BCUT2D eigenvalue weighted by Gasteiger charge is 2.14. The summed E-state index contributed by atoms with van der Waals surface area (Å²) in [5.74, 6) is 0.841. The first kappa shape index (κ1) is 11.0. The van der Waals surface area contributed by atoms with Gasteiger partial charge in [0.05, 0.1) is 13.2 Å². The average Bonchev–Trinajstić information content (AvgIpc) is 2.19. The minimum atomic E-state index is -0.0547. The van der Waals surface area contributed by atoms with Gasteiger partial charge < -0.3 is 15.2 Å². The molecule has 0 aliphatic heterocycles. The van der Waals surface area contributed by atoms with E-state index in [0.29, 0.717) is 0 Å². The van der Waals surface area contributed by atoms with Crippen LogP contribution < -0.4 is 10.5 Å². The summed E-state index contributed by atoms with van der Waals surface area (Å²) in [6.45, 7) is 1.93. The van der Waals surface area contributed by atoms with Gasteiger partial charge >= 0.3 is 0 Å². The number of benzene rings is 1. The Kier molecular flexibility index (Phi) is 3.92. The normalized spacial score (nSPS) is 14.9. The fraction of sp³-hybridized carbons (Fsp3) is 0.455. The van der Waals surface area contributed by atoms with E-state index in [4.69, 9.17) is 15.2 Å². The van der Waals surface area contributed by atoms with Crippen molar-refractivity contribution in [2.24, 2.45) is 5.73 Å². The lowest BCUT2D eigenvalue weighted by Gasteiger charge is -2.19. The first-order chi connectivity index (χ1) is 6.69. The summed E-state index contributed by atoms with van der Waals surface area (Å²) in [7, 11) is 3.31. The molecular formula is C11H17NO2. The zero-order valence-corrected chi connectivity index (χ0v) is 8.86. The molecule has 1 aromatic carbocycles. The lowest BCUT2D eigenvalue weighted by molar-refractivity contribution is 0.0853. The first-order valence-electron chi connectivity index (χ1n) is 4.61. The van der Waals surface area contributed by atoms with E-state index in [1.165, 1.54) is 0 Å². The number of ether oxygens (including phenoxy) is 2. The van der Waals surface area contributed by atoms with Gasteiger partial charge in [0.25, 0.3) is 0 Å². The Morgan fingerprint density at radius 2 is 1.71 bits per heavy atom. The van der Waals surface area contributed by atoms with Crippen LogP contribution >= 0.6 is 0 Å². The van der Waals surface area contributed by atoms with Gasteiger partial charge in [0.2, 0.25) is 0 Å². The van der Waals surface area contributed by atoms with Crippen molar-refractivity contribution in [1.82, 2.24) is 0 Å². The van der Waals surface area contributed by atoms with Gasteiger partial charge in [-0.1, -0.05) is 12.1 Å². The Morgan fingerprint density at radius 3 is 2.07 bits per heavy atom. The molecule has 14 heavy (non-hydrogen) atoms. The van der Waals surface area contributed by atoms with E-state index in [1.54, 1.807) is 14.2 Å². The number of methoxy groups -OCH3 is 2. The largest absolute Gasteiger partial charge is 0.497 e. The van der Waals surface area contributed by atoms with Crippen LogP contribution in [0.3, 0.4) is 0 Å². The van der Waals surface area contributed by atoms with Crippen LogP contribution in [0, 0.1) is 0 Å². The van der Waals surface area contributed by atoms with E-state index in [9.17, 15) is 0 Å². The van der Waals surface area contributed by atoms with Crippen LogP contribution in [0.4, 0.5) is 0 Å². The second-order valence-corrected chi connectivity index (χ2v) is 3.29. The highest BCUT2D eigenvalue weighted by atomic mass is 16.5. The summed E-state index contributed by atoms with van der Waals surface area (Å²) in [6.07, 6.45) is -0.0547. The van der Waals surface area contributed by atoms with Crippen molar-refractivity contribution >= 4 is 0 Å². The molecule has 1 rings (SSSR count). The fourth-order valence-electron chi connectivity index (χ4n) is 1.45. The second-order valence-electron chi connectivity index (χ2n) is 3.29. The summed E-state index contributed by atoms with van der Waals surface area (Å²) in [4.78, 5) is 0. The highest BCUT2D eigenvalue weighted by Crippen LogP contribution is 2.21. The molecule has 0 saturated heterocycles. The van der Waals surface area contributed by atoms with Crippen LogP contribution in [-0.2, 0) is 4.74 Å². The Balaban J connectivity index is 2.84. The molecule has 3 nitrogen and oxygen atoms in total. The van der Waals surface area contributed by atoms with Gasteiger partial charge in [-0.3, -0.25) is 0 Å². The molecule has 0 saturated carbocycles. The third-order valence-corrected chi connectivity index (χ3v) is 2.18. The van der Waals surface area contributed by atoms with Crippen LogP contribution in [0.15, 0.2) is 24.3 Å². The Hall–Kier alpha value is -1.06. The molecule has 0 fully saturated rings. The molecular weight excluding hydrogens is 178 g/mol. The molecule has 0 aliphatic rings. The van der Waals surface area contributed by atoms with Gasteiger partial charge in [0.1, 0.15) is 5.75 Å². The highest BCUT2D eigenvalue weighted by molar-refractivity contribution is 5.29. The number of hydrogen-bond acceptors (Lipinski definition) is 3. The van der Waals surface area contributed by atoms with Gasteiger partial charge in [-0.05, 0) is 24.6 Å². The zero-order chi connectivity index (χ0) is 10.6. The van der Waals surface area contributed by atoms with Gasteiger partial charge in [0.15, 0.2) is 0 Å². The van der Waals surface area contributed by atoms with Crippen LogP contribution in [0.25, 0.3) is 0 Å². The smallest absolute Gasteiger partial charge is 0.118 e. The lowest BCUT2D eigenvalue weighted by atomic mass is 10.0. The molecule has 0 amide bonds. The van der Waals surface area contributed by atoms with E-state index in [2.05, 4.69) is 0 Å². The quantitative estimate of drug-likeness (QED) is 0.795. The predicted octanol–water partition coefficient (Wildman–Crippen LogP) is 1.73. The second kappa shape index (κ2) is 4.98. The maximum Gasteiger partial charge on any atom is 0.118 e. The van der Waals surface area contributed by atoms with Crippen molar-refractivity contribution < 1.29 is 9.47 Å². The van der Waals surface area contributed by atoms with E-state index in [1.807, 2.05) is 31.2 Å². The molecule has 2 atom stereocenters. The van der Waals surface area contributed by atoms with E-state index in [0.717, 1.165) is 11.3 Å². The van der Waals surface area contributed by atoms with Crippen LogP contribution in [0.2, 0.25) is 0 Å². The molecule has 3 heteroatoms. The third kappa shape index (κ3) is 2.47. The SMILES string of the molecule is COc1ccc([C@H](OC)[C@@H](C)N)cc1. The number of rotatable bonds is 4.